The summed E-state index contributed by atoms with van der Waals surface area (Å²) in [5, 5.41) is 0. The second-order valence-electron chi connectivity index (χ2n) is 8.64. The highest BCUT2D eigenvalue weighted by molar-refractivity contribution is 5.14. The molecule has 8 heteroatoms. The van der Waals surface area contributed by atoms with Crippen LogP contribution in [0.2, 0.25) is 0 Å². The van der Waals surface area contributed by atoms with Crippen LogP contribution in [-0.4, -0.2) is 27.4 Å². The molecule has 2 heterocycles. The molecular weight excluding hydrogens is 446 g/mol. The van der Waals surface area contributed by atoms with E-state index in [-0.39, 0.29) is 19.4 Å². The lowest BCUT2D eigenvalue weighted by molar-refractivity contribution is -0.0493. The Labute approximate surface area is 204 Å². The van der Waals surface area contributed by atoms with Crippen LogP contribution in [0.4, 0.5) is 0 Å². The molecule has 0 spiro atoms. The van der Waals surface area contributed by atoms with Crippen LogP contribution in [0.5, 0.6) is 0 Å². The molecule has 1 aliphatic rings. The minimum absolute atomic E-state index is 0.162. The van der Waals surface area contributed by atoms with Crippen LogP contribution in [0.3, 0.4) is 0 Å². The Bertz CT molecular complexity index is 1240. The van der Waals surface area contributed by atoms with Crippen LogP contribution in [0, 0.1) is 6.92 Å². The van der Waals surface area contributed by atoms with Crippen molar-refractivity contribution in [2.24, 2.45) is 5.73 Å². The highest BCUT2D eigenvalue weighted by Gasteiger charge is 2.40. The van der Waals surface area contributed by atoms with Crippen molar-refractivity contribution in [3.63, 3.8) is 0 Å². The van der Waals surface area contributed by atoms with Gasteiger partial charge in [-0.3, -0.25) is 9.36 Å². The average molecular weight is 478 g/mol. The monoisotopic (exact) mass is 477 g/mol. The molecule has 4 atom stereocenters. The van der Waals surface area contributed by atoms with Gasteiger partial charge < -0.3 is 19.9 Å². The summed E-state index contributed by atoms with van der Waals surface area (Å²) >= 11 is 0. The summed E-state index contributed by atoms with van der Waals surface area (Å²) in [7, 11) is 0. The third kappa shape index (κ3) is 5.86. The standard InChI is InChI=1S/C27H31N3O5/c1-3-22(28)25-23(34-17-21-12-8-5-9-13-21)14-24(35-25)29-15-19(2)26(31)30(27(29)32)18-33-16-20-10-6-4-7-11-20/h3-13,15,22-25H,1,14,16-18,28H2,2H3/t22-,23-,24+,25+/m0/s1. The lowest BCUT2D eigenvalue weighted by Gasteiger charge is -2.23. The lowest BCUT2D eigenvalue weighted by atomic mass is 10.1. The highest BCUT2D eigenvalue weighted by atomic mass is 16.6. The zero-order valence-corrected chi connectivity index (χ0v) is 19.8. The van der Waals surface area contributed by atoms with E-state index in [0.29, 0.717) is 18.6 Å². The molecule has 0 amide bonds. The van der Waals surface area contributed by atoms with Gasteiger partial charge in [0.25, 0.3) is 5.56 Å². The molecule has 0 radical (unpaired) electrons. The smallest absolute Gasteiger partial charge is 0.335 e. The van der Waals surface area contributed by atoms with E-state index in [2.05, 4.69) is 6.58 Å². The molecule has 1 aromatic heterocycles. The van der Waals surface area contributed by atoms with Crippen molar-refractivity contribution in [3.8, 4) is 0 Å². The summed E-state index contributed by atoms with van der Waals surface area (Å²) in [5.41, 5.74) is 7.72. The van der Waals surface area contributed by atoms with Gasteiger partial charge in [-0.2, -0.15) is 0 Å². The van der Waals surface area contributed by atoms with Gasteiger partial charge in [0.2, 0.25) is 0 Å². The molecule has 0 aliphatic carbocycles. The third-order valence-electron chi connectivity index (χ3n) is 6.08. The molecule has 3 aromatic rings. The van der Waals surface area contributed by atoms with Crippen molar-refractivity contribution in [1.29, 1.82) is 0 Å². The van der Waals surface area contributed by atoms with E-state index >= 15 is 0 Å². The van der Waals surface area contributed by atoms with Gasteiger partial charge in [0.05, 0.1) is 25.4 Å². The number of nitrogens with two attached hydrogens (primary N) is 1. The summed E-state index contributed by atoms with van der Waals surface area (Å²) in [6, 6.07) is 18.9. The fraction of sp³-hybridized carbons (Fsp3) is 0.333. The van der Waals surface area contributed by atoms with Gasteiger partial charge in [-0.15, -0.1) is 6.58 Å². The third-order valence-corrected chi connectivity index (χ3v) is 6.08. The molecule has 1 fully saturated rings. The van der Waals surface area contributed by atoms with Gasteiger partial charge in [0.15, 0.2) is 0 Å². The Morgan fingerprint density at radius 2 is 1.71 bits per heavy atom. The molecule has 8 nitrogen and oxygen atoms in total. The van der Waals surface area contributed by atoms with Gasteiger partial charge in [0, 0.05) is 18.2 Å². The van der Waals surface area contributed by atoms with Crippen molar-refractivity contribution < 1.29 is 14.2 Å². The van der Waals surface area contributed by atoms with E-state index < -0.39 is 29.6 Å². The second-order valence-corrected chi connectivity index (χ2v) is 8.64. The zero-order chi connectivity index (χ0) is 24.8. The Morgan fingerprint density at radius 3 is 2.34 bits per heavy atom. The van der Waals surface area contributed by atoms with E-state index in [0.717, 1.165) is 15.7 Å². The van der Waals surface area contributed by atoms with Crippen LogP contribution in [-0.2, 0) is 34.2 Å². The second kappa shape index (κ2) is 11.4. The number of rotatable bonds is 10. The maximum Gasteiger partial charge on any atom is 0.335 e. The largest absolute Gasteiger partial charge is 0.371 e. The van der Waals surface area contributed by atoms with Crippen LogP contribution in [0.25, 0.3) is 0 Å². The molecule has 184 valence electrons. The first-order chi connectivity index (χ1) is 17.0. The van der Waals surface area contributed by atoms with Crippen LogP contribution in [0.15, 0.2) is 89.1 Å². The first-order valence-electron chi connectivity index (χ1n) is 11.6. The van der Waals surface area contributed by atoms with E-state index in [1.807, 2.05) is 60.7 Å². The summed E-state index contributed by atoms with van der Waals surface area (Å²) in [6.07, 6.45) is 2.07. The number of aryl methyl sites for hydroxylation is 1. The number of ether oxygens (including phenoxy) is 3. The molecular formula is C27H31N3O5. The van der Waals surface area contributed by atoms with Gasteiger partial charge in [-0.1, -0.05) is 66.7 Å². The van der Waals surface area contributed by atoms with E-state index in [9.17, 15) is 9.59 Å². The molecule has 0 unspecified atom stereocenters. The number of aromatic nitrogens is 2. The molecule has 0 saturated carbocycles. The maximum absolute atomic E-state index is 13.3. The maximum atomic E-state index is 13.3. The summed E-state index contributed by atoms with van der Waals surface area (Å²) in [5.74, 6) is 0. The molecule has 1 aliphatic heterocycles. The zero-order valence-electron chi connectivity index (χ0n) is 19.8. The average Bonchev–Trinajstić information content (AvgIpc) is 3.31. The SMILES string of the molecule is C=C[C@H](N)[C@H]1O[C@@H](n2cc(C)c(=O)n(COCc3ccccc3)c2=O)C[C@@H]1OCc1ccccc1. The summed E-state index contributed by atoms with van der Waals surface area (Å²) < 4.78 is 20.5. The molecule has 1 saturated heterocycles. The Balaban J connectivity index is 1.53. The highest BCUT2D eigenvalue weighted by Crippen LogP contribution is 2.32. The molecule has 2 aromatic carbocycles. The predicted octanol–water partition coefficient (Wildman–Crippen LogP) is 2.88. The summed E-state index contributed by atoms with van der Waals surface area (Å²) in [4.78, 5) is 26.0. The van der Waals surface area contributed by atoms with Crippen molar-refractivity contribution in [2.75, 3.05) is 0 Å². The topological polar surface area (TPSA) is 97.7 Å². The predicted molar refractivity (Wildman–Crippen MR) is 133 cm³/mol. The summed E-state index contributed by atoms with van der Waals surface area (Å²) in [6.45, 7) is 5.96. The van der Waals surface area contributed by atoms with Crippen molar-refractivity contribution in [2.45, 2.75) is 57.8 Å². The minimum atomic E-state index is -0.640. The lowest BCUT2D eigenvalue weighted by Crippen LogP contribution is -2.43. The van der Waals surface area contributed by atoms with Crippen LogP contribution >= 0.6 is 0 Å². The Kier molecular flexibility index (Phi) is 8.09. The van der Waals surface area contributed by atoms with Gasteiger partial charge in [-0.25, -0.2) is 9.36 Å². The normalized spacial score (nSPS) is 20.6. The Hall–Kier alpha value is -3.30. The minimum Gasteiger partial charge on any atom is -0.371 e. The number of nitrogens with zero attached hydrogens (tertiary/aromatic N) is 2. The van der Waals surface area contributed by atoms with Crippen LogP contribution in [0.1, 0.15) is 29.3 Å². The Morgan fingerprint density at radius 1 is 1.09 bits per heavy atom. The number of hydrogen-bond acceptors (Lipinski definition) is 6. The van der Waals surface area contributed by atoms with Crippen molar-refractivity contribution in [3.05, 3.63) is 117 Å². The quantitative estimate of drug-likeness (QED) is 0.451. The van der Waals surface area contributed by atoms with Crippen molar-refractivity contribution in [1.82, 2.24) is 9.13 Å². The molecule has 2 N–H and O–H groups in total. The van der Waals surface area contributed by atoms with Gasteiger partial charge >= 0.3 is 5.69 Å². The van der Waals surface area contributed by atoms with E-state index in [4.69, 9.17) is 19.9 Å². The fourth-order valence-electron chi connectivity index (χ4n) is 4.16. The molecule has 0 bridgehead atoms. The van der Waals surface area contributed by atoms with Gasteiger partial charge in [0.1, 0.15) is 19.1 Å². The number of benzene rings is 2. The van der Waals surface area contributed by atoms with E-state index in [1.54, 1.807) is 13.0 Å². The van der Waals surface area contributed by atoms with Gasteiger partial charge in [-0.05, 0) is 18.1 Å². The first-order valence-corrected chi connectivity index (χ1v) is 11.6. The van der Waals surface area contributed by atoms with E-state index in [1.165, 1.54) is 10.8 Å². The van der Waals surface area contributed by atoms with Crippen LogP contribution < -0.4 is 17.0 Å². The molecule has 4 rings (SSSR count). The first kappa shape index (κ1) is 24.8. The number of hydrogen-bond donors (Lipinski definition) is 1. The fourth-order valence-corrected chi connectivity index (χ4v) is 4.16. The molecule has 35 heavy (non-hydrogen) atoms. The van der Waals surface area contributed by atoms with Crippen molar-refractivity contribution >= 4 is 0 Å².